The highest BCUT2D eigenvalue weighted by molar-refractivity contribution is 7.99. The standard InChI is InChI=1S/C27H30N4O3S2/c1-2-19-8-10-20(11-9-19)28-23(32)18-35-27-29-24-21-6-3-4-7-22(21)36-25(24)26(33)31(27)13-5-12-30-14-16-34-17-15-30/h3-4,6-11H,2,5,12-18H2,1H3,(H,28,32)/p+1. The van der Waals surface area contributed by atoms with Gasteiger partial charge in [-0.2, -0.15) is 0 Å². The number of thioether (sulfide) groups is 1. The molecule has 1 saturated heterocycles. The van der Waals surface area contributed by atoms with Crippen LogP contribution < -0.4 is 15.8 Å². The van der Waals surface area contributed by atoms with E-state index < -0.39 is 0 Å². The minimum atomic E-state index is -0.113. The van der Waals surface area contributed by atoms with Crippen molar-refractivity contribution in [1.82, 2.24) is 9.55 Å². The Hall–Kier alpha value is -2.72. The first kappa shape index (κ1) is 25.0. The van der Waals surface area contributed by atoms with Crippen LogP contribution in [0, 0.1) is 0 Å². The number of aromatic nitrogens is 2. The Bertz CT molecular complexity index is 1410. The summed E-state index contributed by atoms with van der Waals surface area (Å²) in [5.41, 5.74) is 2.71. The molecule has 0 unspecified atom stereocenters. The molecule has 36 heavy (non-hydrogen) atoms. The van der Waals surface area contributed by atoms with Crippen molar-refractivity contribution in [3.05, 3.63) is 64.4 Å². The Morgan fingerprint density at radius 2 is 1.94 bits per heavy atom. The third kappa shape index (κ3) is 5.64. The number of rotatable bonds is 9. The van der Waals surface area contributed by atoms with Gasteiger partial charge in [0.2, 0.25) is 5.91 Å². The molecule has 1 amide bonds. The van der Waals surface area contributed by atoms with Crippen molar-refractivity contribution in [2.45, 2.75) is 31.5 Å². The summed E-state index contributed by atoms with van der Waals surface area (Å²) < 4.78 is 8.96. The van der Waals surface area contributed by atoms with Crippen molar-refractivity contribution in [2.75, 3.05) is 43.9 Å². The maximum atomic E-state index is 13.6. The van der Waals surface area contributed by atoms with Gasteiger partial charge in [-0.3, -0.25) is 14.2 Å². The molecule has 9 heteroatoms. The molecule has 0 aliphatic carbocycles. The molecule has 1 aliphatic heterocycles. The highest BCUT2D eigenvalue weighted by atomic mass is 32.2. The molecule has 188 valence electrons. The number of quaternary nitrogens is 1. The summed E-state index contributed by atoms with van der Waals surface area (Å²) in [4.78, 5) is 32.7. The van der Waals surface area contributed by atoms with Crippen LogP contribution in [-0.2, 0) is 22.5 Å². The van der Waals surface area contributed by atoms with Crippen molar-refractivity contribution in [3.8, 4) is 0 Å². The number of benzene rings is 2. The molecule has 0 atom stereocenters. The van der Waals surface area contributed by atoms with E-state index in [2.05, 4.69) is 12.2 Å². The molecule has 0 radical (unpaired) electrons. The second-order valence-corrected chi connectivity index (χ2v) is 11.0. The Balaban J connectivity index is 1.36. The Kier molecular flexibility index (Phi) is 8.01. The van der Waals surface area contributed by atoms with Gasteiger partial charge in [0, 0.05) is 28.7 Å². The Morgan fingerprint density at radius 3 is 2.72 bits per heavy atom. The van der Waals surface area contributed by atoms with Crippen molar-refractivity contribution in [2.24, 2.45) is 0 Å². The number of fused-ring (bicyclic) bond motifs is 3. The summed E-state index contributed by atoms with van der Waals surface area (Å²) in [6.07, 6.45) is 1.83. The molecule has 5 rings (SSSR count). The van der Waals surface area contributed by atoms with Crippen LogP contribution in [0.15, 0.2) is 58.5 Å². The third-order valence-corrected chi connectivity index (χ3v) is 8.66. The van der Waals surface area contributed by atoms with Crippen LogP contribution in [0.5, 0.6) is 0 Å². The lowest BCUT2D eigenvalue weighted by Gasteiger charge is -2.23. The first-order valence-corrected chi connectivity index (χ1v) is 14.3. The lowest BCUT2D eigenvalue weighted by Crippen LogP contribution is -3.14. The van der Waals surface area contributed by atoms with Gasteiger partial charge in [0.05, 0.1) is 31.0 Å². The van der Waals surface area contributed by atoms with Gasteiger partial charge in [-0.15, -0.1) is 11.3 Å². The summed E-state index contributed by atoms with van der Waals surface area (Å²) in [6.45, 7) is 7.27. The van der Waals surface area contributed by atoms with Gasteiger partial charge in [0.15, 0.2) is 5.16 Å². The van der Waals surface area contributed by atoms with E-state index in [4.69, 9.17) is 9.72 Å². The van der Waals surface area contributed by atoms with Gasteiger partial charge in [-0.1, -0.05) is 49.0 Å². The number of carbonyl (C=O) groups excluding carboxylic acids is 1. The number of morpholine rings is 1. The number of ether oxygens (including phenoxy) is 1. The second kappa shape index (κ2) is 11.6. The quantitative estimate of drug-likeness (QED) is 0.260. The predicted octanol–water partition coefficient (Wildman–Crippen LogP) is 3.21. The molecule has 0 bridgehead atoms. The first-order valence-electron chi connectivity index (χ1n) is 12.5. The van der Waals surface area contributed by atoms with Crippen LogP contribution in [0.25, 0.3) is 20.3 Å². The Morgan fingerprint density at radius 1 is 1.17 bits per heavy atom. The van der Waals surface area contributed by atoms with E-state index in [-0.39, 0.29) is 17.2 Å². The molecule has 7 nitrogen and oxygen atoms in total. The van der Waals surface area contributed by atoms with Crippen molar-refractivity contribution >= 4 is 55.0 Å². The summed E-state index contributed by atoms with van der Waals surface area (Å²) in [7, 11) is 0. The van der Waals surface area contributed by atoms with Gasteiger partial charge >= 0.3 is 0 Å². The van der Waals surface area contributed by atoms with E-state index in [0.717, 1.165) is 67.0 Å². The van der Waals surface area contributed by atoms with E-state index in [1.54, 1.807) is 4.57 Å². The van der Waals surface area contributed by atoms with Gasteiger partial charge in [0.25, 0.3) is 5.56 Å². The third-order valence-electron chi connectivity index (χ3n) is 6.54. The summed E-state index contributed by atoms with van der Waals surface area (Å²) in [6, 6.07) is 15.9. The molecule has 2 aromatic carbocycles. The van der Waals surface area contributed by atoms with Crippen LogP contribution >= 0.6 is 23.1 Å². The van der Waals surface area contributed by atoms with E-state index >= 15 is 0 Å². The maximum absolute atomic E-state index is 13.6. The minimum absolute atomic E-state index is 0.0174. The van der Waals surface area contributed by atoms with Crippen LogP contribution in [0.1, 0.15) is 18.9 Å². The number of amides is 1. The molecular weight excluding hydrogens is 492 g/mol. The largest absolute Gasteiger partial charge is 0.370 e. The molecule has 4 aromatic rings. The summed E-state index contributed by atoms with van der Waals surface area (Å²) in [5, 5.41) is 4.55. The van der Waals surface area contributed by atoms with Crippen LogP contribution in [-0.4, -0.2) is 54.1 Å². The van der Waals surface area contributed by atoms with Gasteiger partial charge in [0.1, 0.15) is 17.8 Å². The second-order valence-electron chi connectivity index (χ2n) is 8.98. The highest BCUT2D eigenvalue weighted by Gasteiger charge is 2.19. The van der Waals surface area contributed by atoms with Gasteiger partial charge in [-0.05, 0) is 30.2 Å². The van der Waals surface area contributed by atoms with E-state index in [1.165, 1.54) is 33.6 Å². The predicted molar refractivity (Wildman–Crippen MR) is 148 cm³/mol. The monoisotopic (exact) mass is 523 g/mol. The maximum Gasteiger partial charge on any atom is 0.272 e. The number of thiophene rings is 1. The summed E-state index contributed by atoms with van der Waals surface area (Å²) >= 11 is 2.82. The number of nitrogens with one attached hydrogen (secondary N) is 2. The number of hydrogen-bond acceptors (Lipinski definition) is 6. The Labute approximate surface area is 218 Å². The summed E-state index contributed by atoms with van der Waals surface area (Å²) in [5.74, 6) is 0.0719. The molecule has 2 aromatic heterocycles. The molecule has 1 aliphatic rings. The topological polar surface area (TPSA) is 77.7 Å². The fourth-order valence-electron chi connectivity index (χ4n) is 4.51. The molecule has 2 N–H and O–H groups in total. The zero-order chi connectivity index (χ0) is 24.9. The fraction of sp³-hybridized carbons (Fsp3) is 0.370. The van der Waals surface area contributed by atoms with E-state index in [0.29, 0.717) is 16.4 Å². The van der Waals surface area contributed by atoms with Crippen LogP contribution in [0.2, 0.25) is 0 Å². The lowest BCUT2D eigenvalue weighted by molar-refractivity contribution is -0.908. The lowest BCUT2D eigenvalue weighted by atomic mass is 10.1. The number of anilines is 1. The molecular formula is C27H31N4O3S2+. The first-order chi connectivity index (χ1) is 17.6. The molecule has 1 fully saturated rings. The van der Waals surface area contributed by atoms with Gasteiger partial charge in [-0.25, -0.2) is 4.98 Å². The number of aryl methyl sites for hydroxylation is 1. The van der Waals surface area contributed by atoms with E-state index in [1.807, 2.05) is 48.5 Å². The van der Waals surface area contributed by atoms with E-state index in [9.17, 15) is 9.59 Å². The fourth-order valence-corrected chi connectivity index (χ4v) is 6.42. The normalized spacial score (nSPS) is 14.5. The van der Waals surface area contributed by atoms with Crippen molar-refractivity contribution in [3.63, 3.8) is 0 Å². The highest BCUT2D eigenvalue weighted by Crippen LogP contribution is 2.31. The number of nitrogens with zero attached hydrogens (tertiary/aromatic N) is 2. The van der Waals surface area contributed by atoms with Crippen LogP contribution in [0.4, 0.5) is 5.69 Å². The zero-order valence-corrected chi connectivity index (χ0v) is 22.1. The number of hydrogen-bond donors (Lipinski definition) is 2. The smallest absolute Gasteiger partial charge is 0.272 e. The van der Waals surface area contributed by atoms with Crippen molar-refractivity contribution < 1.29 is 14.4 Å². The SMILES string of the molecule is CCc1ccc(NC(=O)CSc2nc3c(sc4ccccc43)c(=O)n2CCC[NH+]2CCOCC2)cc1. The number of carbonyl (C=O) groups is 1. The molecule has 0 saturated carbocycles. The molecule has 3 heterocycles. The minimum Gasteiger partial charge on any atom is -0.370 e. The molecule has 0 spiro atoms. The van der Waals surface area contributed by atoms with Crippen molar-refractivity contribution in [1.29, 1.82) is 0 Å². The average Bonchev–Trinajstić information content (AvgIpc) is 3.29. The zero-order valence-electron chi connectivity index (χ0n) is 20.4. The average molecular weight is 524 g/mol. The van der Waals surface area contributed by atoms with Gasteiger partial charge < -0.3 is 15.0 Å². The van der Waals surface area contributed by atoms with Crippen LogP contribution in [0.3, 0.4) is 0 Å².